The molecule has 0 fully saturated rings. The van der Waals surface area contributed by atoms with E-state index in [9.17, 15) is 4.79 Å². The molecule has 0 bridgehead atoms. The number of anilines is 1. The Morgan fingerprint density at radius 3 is 2.81 bits per heavy atom. The van der Waals surface area contributed by atoms with Gasteiger partial charge >= 0.3 is 0 Å². The molecule has 1 amide bonds. The molecule has 0 aliphatic rings. The fourth-order valence-corrected chi connectivity index (χ4v) is 3.02. The number of halogens is 1. The zero-order chi connectivity index (χ0) is 15.2. The number of nitrogens with one attached hydrogen (secondary N) is 1. The van der Waals surface area contributed by atoms with E-state index in [0.29, 0.717) is 5.02 Å². The molecule has 1 unspecified atom stereocenters. The number of thiophene rings is 1. The second-order valence-corrected chi connectivity index (χ2v) is 6.29. The lowest BCUT2D eigenvalue weighted by molar-refractivity contribution is -0.120. The number of hydrogen-bond acceptors (Lipinski definition) is 3. The predicted molar refractivity (Wildman–Crippen MR) is 89.9 cm³/mol. The molecule has 1 aromatic heterocycles. The highest BCUT2D eigenvalue weighted by Gasteiger charge is 2.20. The normalized spacial score (nSPS) is 12.4. The fourth-order valence-electron chi connectivity index (χ4n) is 2.10. The quantitative estimate of drug-likeness (QED) is 0.862. The lowest BCUT2D eigenvalue weighted by Crippen LogP contribution is -2.41. The van der Waals surface area contributed by atoms with Crippen LogP contribution in [-0.4, -0.2) is 23.4 Å². The molecule has 1 N–H and O–H groups in total. The number of hydrogen-bond donors (Lipinski definition) is 1. The third-order valence-electron chi connectivity index (χ3n) is 3.36. The van der Waals surface area contributed by atoms with Crippen LogP contribution in [-0.2, 0) is 11.3 Å². The van der Waals surface area contributed by atoms with Crippen LogP contribution in [0.1, 0.15) is 18.7 Å². The van der Waals surface area contributed by atoms with E-state index in [1.807, 2.05) is 25.1 Å². The van der Waals surface area contributed by atoms with Crippen molar-refractivity contribution in [3.8, 4) is 0 Å². The zero-order valence-electron chi connectivity index (χ0n) is 12.2. The first kappa shape index (κ1) is 16.0. The Balaban J connectivity index is 1.99. The number of carbonyl (C=O) groups is 1. The number of benzene rings is 1. The van der Waals surface area contributed by atoms with Crippen molar-refractivity contribution in [3.63, 3.8) is 0 Å². The van der Waals surface area contributed by atoms with Gasteiger partial charge in [-0.25, -0.2) is 0 Å². The summed E-state index contributed by atoms with van der Waals surface area (Å²) in [6.45, 7) is 5.61. The minimum Gasteiger partial charge on any atom is -0.325 e. The third kappa shape index (κ3) is 4.56. The maximum atomic E-state index is 12.4. The summed E-state index contributed by atoms with van der Waals surface area (Å²) in [5.74, 6) is -0.0179. The summed E-state index contributed by atoms with van der Waals surface area (Å²) < 4.78 is 0. The highest BCUT2D eigenvalue weighted by Crippen LogP contribution is 2.17. The maximum Gasteiger partial charge on any atom is 0.241 e. The Kier molecular flexibility index (Phi) is 5.79. The molecule has 0 saturated heterocycles. The van der Waals surface area contributed by atoms with Crippen LogP contribution in [0.4, 0.5) is 5.69 Å². The van der Waals surface area contributed by atoms with Gasteiger partial charge in [-0.1, -0.05) is 30.7 Å². The molecule has 0 spiro atoms. The summed E-state index contributed by atoms with van der Waals surface area (Å²) >= 11 is 7.64. The van der Waals surface area contributed by atoms with Crippen LogP contribution in [0.5, 0.6) is 0 Å². The average molecular weight is 323 g/mol. The van der Waals surface area contributed by atoms with Crippen LogP contribution in [0, 0.1) is 0 Å². The van der Waals surface area contributed by atoms with Gasteiger partial charge in [0, 0.05) is 22.1 Å². The summed E-state index contributed by atoms with van der Waals surface area (Å²) in [4.78, 5) is 15.8. The molecule has 2 aromatic rings. The van der Waals surface area contributed by atoms with Crippen molar-refractivity contribution in [2.75, 3.05) is 11.9 Å². The van der Waals surface area contributed by atoms with Gasteiger partial charge in [0.05, 0.1) is 6.04 Å². The zero-order valence-corrected chi connectivity index (χ0v) is 13.7. The maximum absolute atomic E-state index is 12.4. The summed E-state index contributed by atoms with van der Waals surface area (Å²) in [6.07, 6.45) is 0. The lowest BCUT2D eigenvalue weighted by atomic mass is 10.2. The molecule has 112 valence electrons. The van der Waals surface area contributed by atoms with E-state index in [1.165, 1.54) is 4.88 Å². The number of nitrogens with zero attached hydrogens (tertiary/aromatic N) is 1. The Morgan fingerprint density at radius 1 is 1.38 bits per heavy atom. The summed E-state index contributed by atoms with van der Waals surface area (Å²) in [5, 5.41) is 5.59. The molecule has 21 heavy (non-hydrogen) atoms. The van der Waals surface area contributed by atoms with E-state index < -0.39 is 0 Å². The van der Waals surface area contributed by atoms with Gasteiger partial charge in [0.2, 0.25) is 5.91 Å². The second-order valence-electron chi connectivity index (χ2n) is 4.82. The SMILES string of the molecule is CCN(Cc1cccs1)C(C)C(=O)Nc1cccc(Cl)c1. The van der Waals surface area contributed by atoms with Crippen LogP contribution >= 0.6 is 22.9 Å². The topological polar surface area (TPSA) is 32.3 Å². The molecule has 0 saturated carbocycles. The Bertz CT molecular complexity index is 586. The van der Waals surface area contributed by atoms with Crippen LogP contribution in [0.15, 0.2) is 41.8 Å². The molecular weight excluding hydrogens is 304 g/mol. The van der Waals surface area contributed by atoms with Crippen LogP contribution < -0.4 is 5.32 Å². The molecule has 3 nitrogen and oxygen atoms in total. The van der Waals surface area contributed by atoms with Gasteiger partial charge in [-0.3, -0.25) is 9.69 Å². The van der Waals surface area contributed by atoms with Gasteiger partial charge in [0.1, 0.15) is 0 Å². The van der Waals surface area contributed by atoms with E-state index >= 15 is 0 Å². The van der Waals surface area contributed by atoms with Crippen molar-refractivity contribution >= 4 is 34.5 Å². The molecular formula is C16H19ClN2OS. The van der Waals surface area contributed by atoms with Gasteiger partial charge in [0.25, 0.3) is 0 Å². The van der Waals surface area contributed by atoms with Gasteiger partial charge < -0.3 is 5.32 Å². The van der Waals surface area contributed by atoms with Crippen LogP contribution in [0.3, 0.4) is 0 Å². The molecule has 0 aliphatic heterocycles. The monoisotopic (exact) mass is 322 g/mol. The Hall–Kier alpha value is -1.36. The summed E-state index contributed by atoms with van der Waals surface area (Å²) in [6, 6.07) is 11.1. The molecule has 0 aliphatic carbocycles. The van der Waals surface area contributed by atoms with Crippen molar-refractivity contribution in [1.29, 1.82) is 0 Å². The first-order valence-corrected chi connectivity index (χ1v) is 8.18. The molecule has 2 rings (SSSR count). The number of rotatable bonds is 6. The summed E-state index contributed by atoms with van der Waals surface area (Å²) in [5.41, 5.74) is 0.728. The molecule has 5 heteroatoms. The largest absolute Gasteiger partial charge is 0.325 e. The van der Waals surface area contributed by atoms with Crippen molar-refractivity contribution < 1.29 is 4.79 Å². The third-order valence-corrected chi connectivity index (χ3v) is 4.46. The van der Waals surface area contributed by atoms with E-state index in [-0.39, 0.29) is 11.9 Å². The molecule has 1 aromatic carbocycles. The minimum absolute atomic E-state index is 0.0179. The first-order chi connectivity index (χ1) is 10.1. The summed E-state index contributed by atoms with van der Waals surface area (Å²) in [7, 11) is 0. The van der Waals surface area contributed by atoms with Crippen molar-refractivity contribution in [2.45, 2.75) is 26.4 Å². The standard InChI is InChI=1S/C16H19ClN2OS/c1-3-19(11-15-8-5-9-21-15)12(2)16(20)18-14-7-4-6-13(17)10-14/h4-10,12H,3,11H2,1-2H3,(H,18,20). The van der Waals surface area contributed by atoms with Crippen molar-refractivity contribution in [2.24, 2.45) is 0 Å². The minimum atomic E-state index is -0.198. The van der Waals surface area contributed by atoms with Gasteiger partial charge in [-0.05, 0) is 43.1 Å². The van der Waals surface area contributed by atoms with Gasteiger partial charge in [0.15, 0.2) is 0 Å². The van der Waals surface area contributed by atoms with Crippen molar-refractivity contribution in [1.82, 2.24) is 4.90 Å². The number of likely N-dealkylation sites (N-methyl/N-ethyl adjacent to an activating group) is 1. The lowest BCUT2D eigenvalue weighted by Gasteiger charge is -2.26. The van der Waals surface area contributed by atoms with E-state index in [4.69, 9.17) is 11.6 Å². The van der Waals surface area contributed by atoms with Crippen molar-refractivity contribution in [3.05, 3.63) is 51.7 Å². The van der Waals surface area contributed by atoms with E-state index in [0.717, 1.165) is 18.8 Å². The highest BCUT2D eigenvalue weighted by molar-refractivity contribution is 7.09. The second kappa shape index (κ2) is 7.59. The van der Waals surface area contributed by atoms with Gasteiger partial charge in [-0.15, -0.1) is 11.3 Å². The van der Waals surface area contributed by atoms with E-state index in [1.54, 1.807) is 23.5 Å². The number of carbonyl (C=O) groups excluding carboxylic acids is 1. The molecule has 0 radical (unpaired) electrons. The van der Waals surface area contributed by atoms with Crippen LogP contribution in [0.25, 0.3) is 0 Å². The Morgan fingerprint density at radius 2 is 2.19 bits per heavy atom. The predicted octanol–water partition coefficient (Wildman–Crippen LogP) is 4.25. The fraction of sp³-hybridized carbons (Fsp3) is 0.312. The van der Waals surface area contributed by atoms with Crippen LogP contribution in [0.2, 0.25) is 5.02 Å². The smallest absolute Gasteiger partial charge is 0.241 e. The van der Waals surface area contributed by atoms with E-state index in [2.05, 4.69) is 28.6 Å². The highest BCUT2D eigenvalue weighted by atomic mass is 35.5. The Labute approximate surface area is 134 Å². The number of amides is 1. The van der Waals surface area contributed by atoms with Gasteiger partial charge in [-0.2, -0.15) is 0 Å². The molecule has 1 heterocycles. The average Bonchev–Trinajstić information content (AvgIpc) is 2.97. The first-order valence-electron chi connectivity index (χ1n) is 6.93. The molecule has 1 atom stereocenters.